The van der Waals surface area contributed by atoms with Crippen molar-refractivity contribution >= 4 is 22.4 Å². The number of H-pyrrole nitrogens is 1. The molecule has 0 saturated carbocycles. The van der Waals surface area contributed by atoms with Gasteiger partial charge in [-0.2, -0.15) is 0 Å². The Labute approximate surface area is 164 Å². The number of anilines is 1. The number of hydrogen-bond acceptors (Lipinski definition) is 3. The number of Topliss-reactive ketones (excluding diaryl/α,β-unsaturated/α-hetero) is 1. The summed E-state index contributed by atoms with van der Waals surface area (Å²) in [6.45, 7) is 1.99. The van der Waals surface area contributed by atoms with Crippen molar-refractivity contribution in [3.63, 3.8) is 0 Å². The zero-order chi connectivity index (χ0) is 19.5. The maximum atomic E-state index is 13.6. The maximum Gasteiger partial charge on any atom is 0.191 e. The topological polar surface area (TPSA) is 54.1 Å². The fourth-order valence-electron chi connectivity index (χ4n) is 3.52. The third kappa shape index (κ3) is 3.25. The molecule has 0 radical (unpaired) electrons. The number of para-hydroxylation sites is 1. The number of benzene rings is 3. The normalized spacial score (nSPS) is 11.9. The lowest BCUT2D eigenvalue weighted by molar-refractivity contribution is 0.0971. The van der Waals surface area contributed by atoms with Crippen LogP contribution in [-0.2, 0) is 0 Å². The molecule has 0 aliphatic rings. The molecule has 3 aromatic carbocycles. The quantitative estimate of drug-likeness (QED) is 0.439. The highest BCUT2D eigenvalue weighted by Crippen LogP contribution is 2.31. The van der Waals surface area contributed by atoms with Gasteiger partial charge in [0.1, 0.15) is 11.8 Å². The predicted molar refractivity (Wildman–Crippen MR) is 113 cm³/mol. The van der Waals surface area contributed by atoms with E-state index < -0.39 is 6.04 Å². The molecule has 0 bridgehead atoms. The highest BCUT2D eigenvalue weighted by molar-refractivity contribution is 6.11. The van der Waals surface area contributed by atoms with Gasteiger partial charge in [0.05, 0.1) is 7.11 Å². The van der Waals surface area contributed by atoms with Crippen molar-refractivity contribution in [1.82, 2.24) is 4.98 Å². The number of methoxy groups -OCH3 is 1. The van der Waals surface area contributed by atoms with Gasteiger partial charge in [0.15, 0.2) is 5.78 Å². The van der Waals surface area contributed by atoms with Crippen molar-refractivity contribution in [2.24, 2.45) is 0 Å². The summed E-state index contributed by atoms with van der Waals surface area (Å²) in [5.41, 5.74) is 4.40. The second-order valence-electron chi connectivity index (χ2n) is 6.73. The summed E-state index contributed by atoms with van der Waals surface area (Å²) in [7, 11) is 1.65. The molecule has 0 amide bonds. The van der Waals surface area contributed by atoms with Crippen LogP contribution in [0.2, 0.25) is 0 Å². The number of aromatic amines is 1. The van der Waals surface area contributed by atoms with E-state index >= 15 is 0 Å². The Balaban J connectivity index is 1.78. The van der Waals surface area contributed by atoms with Gasteiger partial charge in [0.25, 0.3) is 0 Å². The smallest absolute Gasteiger partial charge is 0.191 e. The molecule has 1 heterocycles. The number of carbonyl (C=O) groups excluding carboxylic acids is 1. The van der Waals surface area contributed by atoms with Gasteiger partial charge in [-0.3, -0.25) is 4.79 Å². The number of hydrogen-bond donors (Lipinski definition) is 2. The Bertz CT molecular complexity index is 1120. The number of nitrogens with one attached hydrogen (secondary N) is 2. The third-order valence-corrected chi connectivity index (χ3v) is 5.05. The largest absolute Gasteiger partial charge is 0.496 e. The molecule has 4 rings (SSSR count). The summed E-state index contributed by atoms with van der Waals surface area (Å²) < 4.78 is 5.43. The first-order valence-corrected chi connectivity index (χ1v) is 9.24. The summed E-state index contributed by atoms with van der Waals surface area (Å²) in [5, 5.41) is 4.38. The number of aromatic nitrogens is 1. The van der Waals surface area contributed by atoms with Crippen molar-refractivity contribution in [2.45, 2.75) is 13.0 Å². The number of fused-ring (bicyclic) bond motifs is 1. The van der Waals surface area contributed by atoms with E-state index in [1.54, 1.807) is 13.3 Å². The minimum Gasteiger partial charge on any atom is -0.496 e. The first kappa shape index (κ1) is 17.9. The molecule has 0 fully saturated rings. The highest BCUT2D eigenvalue weighted by Gasteiger charge is 2.25. The molecule has 4 aromatic rings. The van der Waals surface area contributed by atoms with Gasteiger partial charge >= 0.3 is 0 Å². The van der Waals surface area contributed by atoms with E-state index in [4.69, 9.17) is 4.74 Å². The van der Waals surface area contributed by atoms with Crippen molar-refractivity contribution in [1.29, 1.82) is 0 Å². The van der Waals surface area contributed by atoms with E-state index in [2.05, 4.69) is 10.3 Å². The van der Waals surface area contributed by atoms with Gasteiger partial charge in [0, 0.05) is 33.9 Å². The predicted octanol–water partition coefficient (Wildman–Crippen LogP) is 5.52. The summed E-state index contributed by atoms with van der Waals surface area (Å²) in [5.74, 6) is 0.808. The summed E-state index contributed by atoms with van der Waals surface area (Å²) in [6.07, 6.45) is 1.79. The number of ketones is 1. The summed E-state index contributed by atoms with van der Waals surface area (Å²) in [6, 6.07) is 22.9. The van der Waals surface area contributed by atoms with Crippen molar-refractivity contribution in [3.8, 4) is 5.75 Å². The molecule has 4 heteroatoms. The molecule has 1 atom stereocenters. The van der Waals surface area contributed by atoms with E-state index in [1.165, 1.54) is 0 Å². The van der Waals surface area contributed by atoms with Gasteiger partial charge in [0.2, 0.25) is 0 Å². The second kappa shape index (κ2) is 7.61. The van der Waals surface area contributed by atoms with Crippen LogP contribution in [0.1, 0.15) is 27.5 Å². The number of carbonyl (C=O) groups is 1. The molecule has 0 saturated heterocycles. The van der Waals surface area contributed by atoms with E-state index in [-0.39, 0.29) is 5.78 Å². The summed E-state index contributed by atoms with van der Waals surface area (Å²) in [4.78, 5) is 16.8. The van der Waals surface area contributed by atoms with Crippen LogP contribution in [0, 0.1) is 6.92 Å². The van der Waals surface area contributed by atoms with E-state index in [1.807, 2.05) is 79.7 Å². The van der Waals surface area contributed by atoms with Crippen LogP contribution in [0.4, 0.5) is 5.69 Å². The van der Waals surface area contributed by atoms with Crippen LogP contribution in [0.3, 0.4) is 0 Å². The molecule has 2 N–H and O–H groups in total. The molecule has 0 aliphatic heterocycles. The molecule has 1 aromatic heterocycles. The van der Waals surface area contributed by atoms with Crippen LogP contribution in [0.25, 0.3) is 10.9 Å². The number of ether oxygens (including phenoxy) is 1. The second-order valence-corrected chi connectivity index (χ2v) is 6.73. The average Bonchev–Trinajstić information content (AvgIpc) is 3.17. The lowest BCUT2D eigenvalue weighted by Gasteiger charge is -2.21. The Morgan fingerprint density at radius 1 is 0.964 bits per heavy atom. The van der Waals surface area contributed by atoms with Gasteiger partial charge < -0.3 is 15.0 Å². The molecule has 1 unspecified atom stereocenters. The van der Waals surface area contributed by atoms with E-state index in [9.17, 15) is 4.79 Å². The van der Waals surface area contributed by atoms with Crippen LogP contribution in [0.15, 0.2) is 79.0 Å². The van der Waals surface area contributed by atoms with Crippen LogP contribution < -0.4 is 10.1 Å². The maximum absolute atomic E-state index is 13.6. The van der Waals surface area contributed by atoms with Crippen molar-refractivity contribution in [3.05, 3.63) is 95.7 Å². The molecule has 140 valence electrons. The lowest BCUT2D eigenvalue weighted by Crippen LogP contribution is -2.21. The minimum atomic E-state index is -0.508. The van der Waals surface area contributed by atoms with Crippen molar-refractivity contribution < 1.29 is 9.53 Å². The average molecular weight is 370 g/mol. The lowest BCUT2D eigenvalue weighted by atomic mass is 9.96. The van der Waals surface area contributed by atoms with Gasteiger partial charge in [-0.05, 0) is 30.7 Å². The zero-order valence-electron chi connectivity index (χ0n) is 15.9. The Kier molecular flexibility index (Phi) is 4.85. The van der Waals surface area contributed by atoms with Crippen LogP contribution in [-0.4, -0.2) is 17.9 Å². The minimum absolute atomic E-state index is 0.0193. The van der Waals surface area contributed by atoms with Crippen LogP contribution in [0.5, 0.6) is 5.75 Å². The SMILES string of the molecule is COc1cccc(NC(C(=O)c2c[nH]c3ccccc23)c2ccccc2)c1C. The molecular formula is C24H22N2O2. The van der Waals surface area contributed by atoms with Gasteiger partial charge in [-0.15, -0.1) is 0 Å². The van der Waals surface area contributed by atoms with Gasteiger partial charge in [-0.25, -0.2) is 0 Å². The van der Waals surface area contributed by atoms with Crippen molar-refractivity contribution in [2.75, 3.05) is 12.4 Å². The molecule has 0 spiro atoms. The standard InChI is InChI=1S/C24H22N2O2/c1-16-20(13-8-14-22(16)28-2)26-23(17-9-4-3-5-10-17)24(27)19-15-25-21-12-7-6-11-18(19)21/h3-15,23,25-26H,1-2H3. The molecule has 0 aliphatic carbocycles. The third-order valence-electron chi connectivity index (χ3n) is 5.05. The van der Waals surface area contributed by atoms with E-state index in [0.717, 1.165) is 33.5 Å². The Hall–Kier alpha value is -3.53. The zero-order valence-corrected chi connectivity index (χ0v) is 15.9. The monoisotopic (exact) mass is 370 g/mol. The Morgan fingerprint density at radius 2 is 1.71 bits per heavy atom. The fourth-order valence-corrected chi connectivity index (χ4v) is 3.52. The first-order chi connectivity index (χ1) is 13.7. The van der Waals surface area contributed by atoms with Crippen LogP contribution >= 0.6 is 0 Å². The number of rotatable bonds is 6. The first-order valence-electron chi connectivity index (χ1n) is 9.24. The highest BCUT2D eigenvalue weighted by atomic mass is 16.5. The van der Waals surface area contributed by atoms with E-state index in [0.29, 0.717) is 5.56 Å². The molecule has 4 nitrogen and oxygen atoms in total. The summed E-state index contributed by atoms with van der Waals surface area (Å²) >= 11 is 0. The fraction of sp³-hybridized carbons (Fsp3) is 0.125. The van der Waals surface area contributed by atoms with Gasteiger partial charge in [-0.1, -0.05) is 54.6 Å². The molecular weight excluding hydrogens is 348 g/mol. The molecule has 28 heavy (non-hydrogen) atoms. The Morgan fingerprint density at radius 3 is 2.50 bits per heavy atom.